The molecule has 130 valence electrons. The summed E-state index contributed by atoms with van der Waals surface area (Å²) in [5.74, 6) is 0.184. The lowest BCUT2D eigenvalue weighted by Gasteiger charge is -2.07. The minimum atomic E-state index is -0.320. The predicted octanol–water partition coefficient (Wildman–Crippen LogP) is 2.87. The Bertz CT molecular complexity index is 772. The topological polar surface area (TPSA) is 79.8 Å². The van der Waals surface area contributed by atoms with Crippen LogP contribution >= 0.6 is 0 Å². The molecule has 6 heteroatoms. The Balaban J connectivity index is 1.75. The van der Waals surface area contributed by atoms with Gasteiger partial charge < -0.3 is 10.1 Å². The maximum absolute atomic E-state index is 11.9. The molecule has 2 aromatic carbocycles. The van der Waals surface area contributed by atoms with Gasteiger partial charge in [0.1, 0.15) is 5.75 Å². The van der Waals surface area contributed by atoms with E-state index >= 15 is 0 Å². The molecule has 0 spiro atoms. The molecule has 0 heterocycles. The van der Waals surface area contributed by atoms with E-state index in [0.717, 1.165) is 16.8 Å². The normalized spacial score (nSPS) is 10.5. The fourth-order valence-electron chi connectivity index (χ4n) is 2.11. The van der Waals surface area contributed by atoms with Crippen LogP contribution in [0, 0.1) is 6.92 Å². The van der Waals surface area contributed by atoms with Gasteiger partial charge in [0.2, 0.25) is 11.8 Å². The van der Waals surface area contributed by atoms with E-state index in [-0.39, 0.29) is 24.7 Å². The van der Waals surface area contributed by atoms with Crippen LogP contribution in [-0.2, 0) is 9.59 Å². The molecule has 2 aromatic rings. The molecular formula is C19H21N3O3. The van der Waals surface area contributed by atoms with E-state index in [1.54, 1.807) is 13.2 Å². The maximum atomic E-state index is 11.9. The Morgan fingerprint density at radius 2 is 1.84 bits per heavy atom. The first-order valence-corrected chi connectivity index (χ1v) is 7.90. The van der Waals surface area contributed by atoms with Gasteiger partial charge in [-0.2, -0.15) is 5.10 Å². The van der Waals surface area contributed by atoms with Crippen molar-refractivity contribution in [2.24, 2.45) is 5.10 Å². The molecule has 0 saturated heterocycles. The van der Waals surface area contributed by atoms with Crippen LogP contribution in [0.3, 0.4) is 0 Å². The first-order chi connectivity index (χ1) is 12.1. The van der Waals surface area contributed by atoms with Gasteiger partial charge in [0.25, 0.3) is 0 Å². The fraction of sp³-hybridized carbons (Fsp3) is 0.211. The van der Waals surface area contributed by atoms with Crippen molar-refractivity contribution in [3.05, 3.63) is 59.7 Å². The molecule has 0 fully saturated rings. The predicted molar refractivity (Wildman–Crippen MR) is 97.8 cm³/mol. The van der Waals surface area contributed by atoms with Gasteiger partial charge in [-0.15, -0.1) is 0 Å². The van der Waals surface area contributed by atoms with Crippen LogP contribution in [-0.4, -0.2) is 25.1 Å². The Morgan fingerprint density at radius 3 is 2.60 bits per heavy atom. The Hall–Kier alpha value is -3.15. The molecule has 0 aliphatic carbocycles. The van der Waals surface area contributed by atoms with Gasteiger partial charge in [0.15, 0.2) is 0 Å². The zero-order valence-electron chi connectivity index (χ0n) is 14.3. The van der Waals surface area contributed by atoms with E-state index in [9.17, 15) is 9.59 Å². The number of anilines is 1. The number of nitrogens with one attached hydrogen (secondary N) is 2. The average Bonchev–Trinajstić information content (AvgIpc) is 2.62. The van der Waals surface area contributed by atoms with Crippen molar-refractivity contribution >= 4 is 23.7 Å². The standard InChI is InChI=1S/C19H21N3O3/c1-14-6-3-4-9-17(14)21-18(23)10-11-19(24)22-20-13-15-7-5-8-16(12-15)25-2/h3-9,12-13H,10-11H2,1-2H3,(H,21,23)(H,22,24). The molecule has 0 unspecified atom stereocenters. The number of benzene rings is 2. The fourth-order valence-corrected chi connectivity index (χ4v) is 2.11. The minimum Gasteiger partial charge on any atom is -0.497 e. The summed E-state index contributed by atoms with van der Waals surface area (Å²) in [5, 5.41) is 6.67. The number of para-hydroxylation sites is 1. The number of amides is 2. The summed E-state index contributed by atoms with van der Waals surface area (Å²) in [6.07, 6.45) is 1.68. The van der Waals surface area contributed by atoms with Crippen LogP contribution < -0.4 is 15.5 Å². The third kappa shape index (κ3) is 6.10. The van der Waals surface area contributed by atoms with E-state index in [1.807, 2.05) is 49.4 Å². The lowest BCUT2D eigenvalue weighted by molar-refractivity contribution is -0.124. The molecule has 6 nitrogen and oxygen atoms in total. The summed E-state index contributed by atoms with van der Waals surface area (Å²) in [5.41, 5.74) is 4.94. The van der Waals surface area contributed by atoms with Gasteiger partial charge in [0.05, 0.1) is 13.3 Å². The van der Waals surface area contributed by atoms with Gasteiger partial charge in [-0.3, -0.25) is 9.59 Å². The molecule has 25 heavy (non-hydrogen) atoms. The van der Waals surface area contributed by atoms with E-state index in [2.05, 4.69) is 15.8 Å². The quantitative estimate of drug-likeness (QED) is 0.601. The minimum absolute atomic E-state index is 0.0627. The van der Waals surface area contributed by atoms with Crippen LogP contribution in [0.15, 0.2) is 53.6 Å². The van der Waals surface area contributed by atoms with E-state index in [0.29, 0.717) is 5.75 Å². The van der Waals surface area contributed by atoms with E-state index in [4.69, 9.17) is 4.74 Å². The first kappa shape index (κ1) is 18.2. The van der Waals surface area contributed by atoms with Crippen molar-refractivity contribution in [1.29, 1.82) is 0 Å². The zero-order chi connectivity index (χ0) is 18.1. The second-order valence-corrected chi connectivity index (χ2v) is 5.43. The molecule has 0 aliphatic rings. The summed E-state index contributed by atoms with van der Waals surface area (Å²) in [6.45, 7) is 1.91. The van der Waals surface area contributed by atoms with Crippen molar-refractivity contribution in [3.63, 3.8) is 0 Å². The molecule has 0 radical (unpaired) electrons. The van der Waals surface area contributed by atoms with Crippen LogP contribution in [0.5, 0.6) is 5.75 Å². The summed E-state index contributed by atoms with van der Waals surface area (Å²) >= 11 is 0. The maximum Gasteiger partial charge on any atom is 0.240 e. The molecule has 2 N–H and O–H groups in total. The lowest BCUT2D eigenvalue weighted by Crippen LogP contribution is -2.20. The molecule has 2 rings (SSSR count). The van der Waals surface area contributed by atoms with Crippen molar-refractivity contribution in [3.8, 4) is 5.75 Å². The highest BCUT2D eigenvalue weighted by atomic mass is 16.5. The van der Waals surface area contributed by atoms with E-state index < -0.39 is 0 Å². The van der Waals surface area contributed by atoms with Crippen molar-refractivity contribution in [2.45, 2.75) is 19.8 Å². The second-order valence-electron chi connectivity index (χ2n) is 5.43. The van der Waals surface area contributed by atoms with Crippen molar-refractivity contribution in [1.82, 2.24) is 5.43 Å². The Morgan fingerprint density at radius 1 is 1.08 bits per heavy atom. The number of hydrazone groups is 1. The molecule has 0 atom stereocenters. The molecule has 0 bridgehead atoms. The number of nitrogens with zero attached hydrogens (tertiary/aromatic N) is 1. The van der Waals surface area contributed by atoms with Crippen LogP contribution in [0.1, 0.15) is 24.0 Å². The highest BCUT2D eigenvalue weighted by Gasteiger charge is 2.07. The van der Waals surface area contributed by atoms with Crippen molar-refractivity contribution in [2.75, 3.05) is 12.4 Å². The van der Waals surface area contributed by atoms with E-state index in [1.165, 1.54) is 6.21 Å². The largest absolute Gasteiger partial charge is 0.497 e. The van der Waals surface area contributed by atoms with Crippen LogP contribution in [0.4, 0.5) is 5.69 Å². The number of hydrogen-bond donors (Lipinski definition) is 2. The van der Waals surface area contributed by atoms with Gasteiger partial charge in [-0.05, 0) is 36.2 Å². The molecular weight excluding hydrogens is 318 g/mol. The summed E-state index contributed by atoms with van der Waals surface area (Å²) in [7, 11) is 1.58. The number of carbonyl (C=O) groups is 2. The monoisotopic (exact) mass is 339 g/mol. The molecule has 0 aromatic heterocycles. The summed E-state index contributed by atoms with van der Waals surface area (Å²) in [6, 6.07) is 14.8. The number of ether oxygens (including phenoxy) is 1. The first-order valence-electron chi connectivity index (χ1n) is 7.90. The average molecular weight is 339 g/mol. The van der Waals surface area contributed by atoms with Crippen molar-refractivity contribution < 1.29 is 14.3 Å². The molecule has 0 saturated carbocycles. The van der Waals surface area contributed by atoms with Gasteiger partial charge >= 0.3 is 0 Å². The number of rotatable bonds is 7. The highest BCUT2D eigenvalue weighted by molar-refractivity contribution is 5.94. The Kier molecular flexibility index (Phi) is 6.71. The highest BCUT2D eigenvalue weighted by Crippen LogP contribution is 2.13. The van der Waals surface area contributed by atoms with Crippen LogP contribution in [0.25, 0.3) is 0 Å². The van der Waals surface area contributed by atoms with Crippen LogP contribution in [0.2, 0.25) is 0 Å². The third-order valence-corrected chi connectivity index (χ3v) is 3.49. The second kappa shape index (κ2) is 9.22. The summed E-state index contributed by atoms with van der Waals surface area (Å²) < 4.78 is 5.11. The van der Waals surface area contributed by atoms with Gasteiger partial charge in [-0.25, -0.2) is 5.43 Å². The van der Waals surface area contributed by atoms with Gasteiger partial charge in [-0.1, -0.05) is 30.3 Å². The van der Waals surface area contributed by atoms with Gasteiger partial charge in [0, 0.05) is 18.5 Å². The smallest absolute Gasteiger partial charge is 0.240 e. The number of carbonyl (C=O) groups excluding carboxylic acids is 2. The number of hydrogen-bond acceptors (Lipinski definition) is 4. The molecule has 0 aliphatic heterocycles. The number of methoxy groups -OCH3 is 1. The lowest BCUT2D eigenvalue weighted by atomic mass is 10.2. The Labute approximate surface area is 146 Å². The third-order valence-electron chi connectivity index (χ3n) is 3.49. The number of aryl methyl sites for hydroxylation is 1. The summed E-state index contributed by atoms with van der Waals surface area (Å²) in [4.78, 5) is 23.6. The molecule has 2 amide bonds. The zero-order valence-corrected chi connectivity index (χ0v) is 14.3. The SMILES string of the molecule is COc1cccc(C=NNC(=O)CCC(=O)Nc2ccccc2C)c1.